The Balaban J connectivity index is 1.65. The average Bonchev–Trinajstić information content (AvgIpc) is 2.62. The lowest BCUT2D eigenvalue weighted by Gasteiger charge is -2.27. The highest BCUT2D eigenvalue weighted by atomic mass is 16.2. The summed E-state index contributed by atoms with van der Waals surface area (Å²) in [5.41, 5.74) is 2.41. The summed E-state index contributed by atoms with van der Waals surface area (Å²) in [7, 11) is 0. The zero-order chi connectivity index (χ0) is 17.6. The van der Waals surface area contributed by atoms with Gasteiger partial charge in [-0.1, -0.05) is 36.9 Å². The van der Waals surface area contributed by atoms with Gasteiger partial charge in [-0.05, 0) is 41.7 Å². The number of carbonyl (C=O) groups is 3. The zero-order valence-electron chi connectivity index (χ0n) is 13.5. The van der Waals surface area contributed by atoms with Crippen LogP contribution < -0.4 is 0 Å². The molecule has 25 heavy (non-hydrogen) atoms. The van der Waals surface area contributed by atoms with Crippen molar-refractivity contribution < 1.29 is 14.4 Å². The van der Waals surface area contributed by atoms with Crippen LogP contribution in [0.15, 0.2) is 72.4 Å². The van der Waals surface area contributed by atoms with Crippen LogP contribution in [0.4, 0.5) is 0 Å². The van der Waals surface area contributed by atoms with Crippen molar-refractivity contribution in [3.8, 4) is 0 Å². The molecule has 4 rings (SSSR count). The van der Waals surface area contributed by atoms with Gasteiger partial charge in [-0.25, -0.2) is 0 Å². The molecule has 122 valence electrons. The number of benzene rings is 2. The van der Waals surface area contributed by atoms with Gasteiger partial charge in [0.25, 0.3) is 11.8 Å². The maximum Gasteiger partial charge on any atom is 0.261 e. The van der Waals surface area contributed by atoms with Crippen LogP contribution in [-0.4, -0.2) is 29.0 Å². The number of hydrogen-bond donors (Lipinski definition) is 0. The third-order valence-corrected chi connectivity index (χ3v) is 4.60. The summed E-state index contributed by atoms with van der Waals surface area (Å²) in [6.07, 6.45) is 5.37. The highest BCUT2D eigenvalue weighted by Gasteiger charge is 2.32. The molecule has 1 heterocycles. The van der Waals surface area contributed by atoms with Crippen LogP contribution in [0, 0.1) is 0 Å². The van der Waals surface area contributed by atoms with Gasteiger partial charge in [-0.15, -0.1) is 0 Å². The lowest BCUT2D eigenvalue weighted by Crippen LogP contribution is -2.41. The van der Waals surface area contributed by atoms with Gasteiger partial charge in [0, 0.05) is 28.6 Å². The van der Waals surface area contributed by atoms with E-state index in [0.29, 0.717) is 23.1 Å². The lowest BCUT2D eigenvalue weighted by molar-refractivity contribution is -0.111. The number of hydrogen-bond acceptors (Lipinski definition) is 3. The highest BCUT2D eigenvalue weighted by molar-refractivity contribution is 6.25. The van der Waals surface area contributed by atoms with Crippen molar-refractivity contribution in [3.05, 3.63) is 83.5 Å². The molecule has 0 unspecified atom stereocenters. The van der Waals surface area contributed by atoms with E-state index in [1.54, 1.807) is 24.3 Å². The predicted octanol–water partition coefficient (Wildman–Crippen LogP) is 3.45. The molecular weight excluding hydrogens is 314 g/mol. The van der Waals surface area contributed by atoms with E-state index in [2.05, 4.69) is 6.58 Å². The monoisotopic (exact) mass is 329 g/mol. The standard InChI is InChI=1S/C21H15NO3/c1-13-12-14(8-9-18(13)23)10-11-22-20(24)16-6-2-4-15-5-3-7-17(19(15)16)21(22)25/h2-9,12H,1,10-11H2. The summed E-state index contributed by atoms with van der Waals surface area (Å²) >= 11 is 0. The lowest BCUT2D eigenvalue weighted by atomic mass is 9.93. The van der Waals surface area contributed by atoms with Gasteiger partial charge in [0.2, 0.25) is 0 Å². The van der Waals surface area contributed by atoms with Crippen molar-refractivity contribution in [2.45, 2.75) is 6.42 Å². The molecule has 2 aromatic carbocycles. The number of allylic oxidation sites excluding steroid dienone is 4. The topological polar surface area (TPSA) is 54.5 Å². The largest absolute Gasteiger partial charge is 0.289 e. The molecule has 0 fully saturated rings. The van der Waals surface area contributed by atoms with E-state index in [0.717, 1.165) is 16.3 Å². The number of amides is 2. The maximum atomic E-state index is 12.8. The fourth-order valence-corrected chi connectivity index (χ4v) is 3.31. The van der Waals surface area contributed by atoms with E-state index in [1.807, 2.05) is 24.3 Å². The molecule has 1 aliphatic heterocycles. The molecule has 0 N–H and O–H groups in total. The Morgan fingerprint density at radius 1 is 0.880 bits per heavy atom. The van der Waals surface area contributed by atoms with E-state index in [4.69, 9.17) is 0 Å². The molecule has 4 nitrogen and oxygen atoms in total. The molecule has 0 spiro atoms. The molecule has 2 amide bonds. The molecule has 4 heteroatoms. The average molecular weight is 329 g/mol. The maximum absolute atomic E-state index is 12.8. The van der Waals surface area contributed by atoms with Gasteiger partial charge in [0.05, 0.1) is 0 Å². The smallest absolute Gasteiger partial charge is 0.261 e. The van der Waals surface area contributed by atoms with Gasteiger partial charge in [0.1, 0.15) is 0 Å². The Labute approximate surface area is 144 Å². The minimum Gasteiger partial charge on any atom is -0.289 e. The molecule has 2 aromatic rings. The quantitative estimate of drug-likeness (QED) is 0.640. The van der Waals surface area contributed by atoms with Gasteiger partial charge in [0.15, 0.2) is 5.78 Å². The van der Waals surface area contributed by atoms with E-state index >= 15 is 0 Å². The van der Waals surface area contributed by atoms with Crippen molar-refractivity contribution in [2.24, 2.45) is 0 Å². The normalized spacial score (nSPS) is 16.6. The second-order valence-corrected chi connectivity index (χ2v) is 6.16. The Hall–Kier alpha value is -3.27. The molecule has 0 aromatic heterocycles. The molecule has 2 aliphatic rings. The molecule has 0 bridgehead atoms. The minimum absolute atomic E-state index is 0.116. The van der Waals surface area contributed by atoms with Crippen LogP contribution in [0.3, 0.4) is 0 Å². The molecule has 0 radical (unpaired) electrons. The Morgan fingerprint density at radius 3 is 2.12 bits per heavy atom. The first-order valence-electron chi connectivity index (χ1n) is 8.06. The van der Waals surface area contributed by atoms with Gasteiger partial charge < -0.3 is 0 Å². The summed E-state index contributed by atoms with van der Waals surface area (Å²) < 4.78 is 0. The van der Waals surface area contributed by atoms with Crippen LogP contribution in [0.5, 0.6) is 0 Å². The summed E-state index contributed by atoms with van der Waals surface area (Å²) in [6, 6.07) is 11.0. The van der Waals surface area contributed by atoms with Crippen molar-refractivity contribution in [3.63, 3.8) is 0 Å². The second-order valence-electron chi connectivity index (χ2n) is 6.16. The Kier molecular flexibility index (Phi) is 3.46. The highest BCUT2D eigenvalue weighted by Crippen LogP contribution is 2.30. The number of imide groups is 1. The number of ketones is 1. The minimum atomic E-state index is -0.274. The van der Waals surface area contributed by atoms with Gasteiger partial charge >= 0.3 is 0 Å². The van der Waals surface area contributed by atoms with E-state index in [1.165, 1.54) is 11.0 Å². The van der Waals surface area contributed by atoms with Crippen LogP contribution in [0.25, 0.3) is 10.8 Å². The molecular formula is C21H15NO3. The first kappa shape index (κ1) is 15.3. The number of rotatable bonds is 3. The first-order valence-corrected chi connectivity index (χ1v) is 8.06. The van der Waals surface area contributed by atoms with Crippen molar-refractivity contribution in [1.29, 1.82) is 0 Å². The summed E-state index contributed by atoms with van der Waals surface area (Å²) in [5.74, 6) is -0.663. The van der Waals surface area contributed by atoms with Crippen LogP contribution in [-0.2, 0) is 4.79 Å². The second kappa shape index (κ2) is 5.67. The van der Waals surface area contributed by atoms with Crippen LogP contribution in [0.1, 0.15) is 27.1 Å². The number of nitrogens with zero attached hydrogens (tertiary/aromatic N) is 1. The SMILES string of the molecule is C=C1C=C(CCN2C(=O)c3cccc4cccc(c34)C2=O)C=CC1=O. The van der Waals surface area contributed by atoms with Crippen LogP contribution in [0.2, 0.25) is 0 Å². The molecule has 1 aliphatic carbocycles. The molecule has 0 saturated heterocycles. The Bertz CT molecular complexity index is 976. The van der Waals surface area contributed by atoms with E-state index < -0.39 is 0 Å². The third-order valence-electron chi connectivity index (χ3n) is 4.60. The summed E-state index contributed by atoms with van der Waals surface area (Å²) in [6.45, 7) is 3.97. The van der Waals surface area contributed by atoms with Gasteiger partial charge in [-0.3, -0.25) is 19.3 Å². The summed E-state index contributed by atoms with van der Waals surface area (Å²) in [5, 5.41) is 1.62. The van der Waals surface area contributed by atoms with E-state index in [9.17, 15) is 14.4 Å². The summed E-state index contributed by atoms with van der Waals surface area (Å²) in [4.78, 5) is 38.3. The molecule has 0 saturated carbocycles. The zero-order valence-corrected chi connectivity index (χ0v) is 13.5. The van der Waals surface area contributed by atoms with Gasteiger partial charge in [-0.2, -0.15) is 0 Å². The predicted molar refractivity (Wildman–Crippen MR) is 95.3 cm³/mol. The van der Waals surface area contributed by atoms with Crippen molar-refractivity contribution in [1.82, 2.24) is 4.90 Å². The third kappa shape index (κ3) is 2.43. The van der Waals surface area contributed by atoms with Crippen LogP contribution >= 0.6 is 0 Å². The van der Waals surface area contributed by atoms with Crippen molar-refractivity contribution in [2.75, 3.05) is 6.54 Å². The fourth-order valence-electron chi connectivity index (χ4n) is 3.31. The fraction of sp³-hybridized carbons (Fsp3) is 0.0952. The molecule has 0 atom stereocenters. The first-order chi connectivity index (χ1) is 12.1. The van der Waals surface area contributed by atoms with E-state index in [-0.39, 0.29) is 24.1 Å². The Morgan fingerprint density at radius 2 is 1.52 bits per heavy atom. The van der Waals surface area contributed by atoms with Crippen molar-refractivity contribution >= 4 is 28.4 Å². The number of carbonyl (C=O) groups excluding carboxylic acids is 3.